The zero-order chi connectivity index (χ0) is 17.4. The summed E-state index contributed by atoms with van der Waals surface area (Å²) >= 11 is 1.93. The van der Waals surface area contributed by atoms with Crippen LogP contribution in [-0.2, 0) is 11.2 Å². The van der Waals surface area contributed by atoms with Crippen LogP contribution in [0.25, 0.3) is 0 Å². The predicted molar refractivity (Wildman–Crippen MR) is 98.5 cm³/mol. The minimum Gasteiger partial charge on any atom is -0.355 e. The molecule has 0 spiro atoms. The van der Waals surface area contributed by atoms with Crippen molar-refractivity contribution in [3.63, 3.8) is 0 Å². The van der Waals surface area contributed by atoms with E-state index in [1.165, 1.54) is 38.5 Å². The molecule has 1 aromatic heterocycles. The largest absolute Gasteiger partial charge is 0.355 e. The van der Waals surface area contributed by atoms with E-state index in [1.54, 1.807) is 0 Å². The lowest BCUT2D eigenvalue weighted by atomic mass is 9.56. The Kier molecular flexibility index (Phi) is 4.82. The number of thioether (sulfide) groups is 1. The highest BCUT2D eigenvalue weighted by Crippen LogP contribution is 2.60. The van der Waals surface area contributed by atoms with Gasteiger partial charge >= 0.3 is 0 Å². The molecule has 4 aliphatic rings. The van der Waals surface area contributed by atoms with E-state index in [9.17, 15) is 4.79 Å². The summed E-state index contributed by atoms with van der Waals surface area (Å²) in [5.74, 6) is 5.16. The van der Waals surface area contributed by atoms with Gasteiger partial charge in [0.05, 0.1) is 5.75 Å². The molecule has 1 aromatic rings. The number of carbonyl (C=O) groups is 1. The van der Waals surface area contributed by atoms with Crippen molar-refractivity contribution in [2.75, 3.05) is 12.3 Å². The third-order valence-corrected chi connectivity index (χ3v) is 7.67. The lowest BCUT2D eigenvalue weighted by Gasteiger charge is -2.56. The minimum atomic E-state index is 0.143. The number of rotatable bonds is 7. The molecule has 0 saturated heterocycles. The van der Waals surface area contributed by atoms with E-state index in [4.69, 9.17) is 4.52 Å². The van der Waals surface area contributed by atoms with Gasteiger partial charge in [0.1, 0.15) is 0 Å². The van der Waals surface area contributed by atoms with Crippen LogP contribution in [0, 0.1) is 17.8 Å². The zero-order valence-corrected chi connectivity index (χ0v) is 16.1. The molecule has 0 atom stereocenters. The number of nitrogens with one attached hydrogen (secondary N) is 1. The number of hydrogen-bond acceptors (Lipinski definition) is 5. The fourth-order valence-electron chi connectivity index (χ4n) is 5.39. The van der Waals surface area contributed by atoms with Crippen molar-refractivity contribution in [2.45, 2.75) is 69.5 Å². The highest BCUT2D eigenvalue weighted by atomic mass is 32.2. The van der Waals surface area contributed by atoms with Crippen LogP contribution in [0.1, 0.15) is 70.0 Å². The summed E-state index contributed by atoms with van der Waals surface area (Å²) in [4.78, 5) is 16.6. The van der Waals surface area contributed by atoms with Crippen molar-refractivity contribution in [3.05, 3.63) is 11.7 Å². The van der Waals surface area contributed by atoms with E-state index in [2.05, 4.69) is 15.5 Å². The molecule has 4 aliphatic carbocycles. The van der Waals surface area contributed by atoms with Crippen molar-refractivity contribution in [2.24, 2.45) is 17.8 Å². The maximum Gasteiger partial charge on any atom is 0.230 e. The van der Waals surface area contributed by atoms with Crippen molar-refractivity contribution in [3.8, 4) is 0 Å². The first-order chi connectivity index (χ1) is 12.0. The van der Waals surface area contributed by atoms with Gasteiger partial charge in [-0.1, -0.05) is 19.0 Å². The summed E-state index contributed by atoms with van der Waals surface area (Å²) in [6.45, 7) is 4.65. The number of nitrogens with zero attached hydrogens (tertiary/aromatic N) is 2. The molecule has 0 unspecified atom stereocenters. The smallest absolute Gasteiger partial charge is 0.230 e. The van der Waals surface area contributed by atoms with E-state index in [0.717, 1.165) is 23.6 Å². The molecule has 5 nitrogen and oxygen atoms in total. The van der Waals surface area contributed by atoms with Gasteiger partial charge in [-0.15, -0.1) is 11.8 Å². The van der Waals surface area contributed by atoms with Gasteiger partial charge in [-0.05, 0) is 56.3 Å². The third kappa shape index (κ3) is 3.88. The molecular formula is C19H29N3O2S. The first kappa shape index (κ1) is 17.4. The fraction of sp³-hybridized carbons (Fsp3) is 0.842. The van der Waals surface area contributed by atoms with Gasteiger partial charge in [0, 0.05) is 23.6 Å². The average Bonchev–Trinajstić information content (AvgIpc) is 3.01. The standard InChI is InChI=1S/C19H29N3O2S/c1-12(2)18-21-17(24-22-18)3-4-20-16(23)11-25-19-8-13-5-14(9-19)7-15(6-13)10-19/h12-15H,3-11H2,1-2H3,(H,20,23). The molecule has 0 aromatic carbocycles. The van der Waals surface area contributed by atoms with Crippen LogP contribution in [0.5, 0.6) is 0 Å². The van der Waals surface area contributed by atoms with Crippen LogP contribution >= 0.6 is 11.8 Å². The monoisotopic (exact) mass is 363 g/mol. The normalized spacial score (nSPS) is 33.2. The molecule has 138 valence electrons. The Morgan fingerprint density at radius 1 is 1.24 bits per heavy atom. The van der Waals surface area contributed by atoms with Crippen LogP contribution in [0.3, 0.4) is 0 Å². The van der Waals surface area contributed by atoms with Crippen LogP contribution in [0.4, 0.5) is 0 Å². The topological polar surface area (TPSA) is 68.0 Å². The van der Waals surface area contributed by atoms with E-state index in [-0.39, 0.29) is 11.8 Å². The van der Waals surface area contributed by atoms with Crippen molar-refractivity contribution < 1.29 is 9.32 Å². The Labute approximate surface area is 154 Å². The Bertz CT molecular complexity index is 593. The fourth-order valence-corrected chi connectivity index (χ4v) is 6.99. The minimum absolute atomic E-state index is 0.143. The Hall–Kier alpha value is -1.04. The highest BCUT2D eigenvalue weighted by Gasteiger charge is 2.51. The number of hydrogen-bond donors (Lipinski definition) is 1. The maximum absolute atomic E-state index is 12.2. The lowest BCUT2D eigenvalue weighted by Crippen LogP contribution is -2.49. The average molecular weight is 364 g/mol. The SMILES string of the molecule is CC(C)c1noc(CCNC(=O)CSC23CC4CC(CC(C4)C2)C3)n1. The van der Waals surface area contributed by atoms with Crippen molar-refractivity contribution in [1.29, 1.82) is 0 Å². The van der Waals surface area contributed by atoms with E-state index in [0.29, 0.717) is 29.4 Å². The second-order valence-corrected chi connectivity index (χ2v) is 10.1. The molecule has 4 fully saturated rings. The number of aromatic nitrogens is 2. The molecule has 0 radical (unpaired) electrons. The van der Waals surface area contributed by atoms with Gasteiger partial charge in [0.25, 0.3) is 0 Å². The molecule has 4 saturated carbocycles. The molecule has 1 amide bonds. The van der Waals surface area contributed by atoms with E-state index < -0.39 is 0 Å². The Morgan fingerprint density at radius 2 is 1.88 bits per heavy atom. The van der Waals surface area contributed by atoms with Crippen molar-refractivity contribution >= 4 is 17.7 Å². The number of amides is 1. The van der Waals surface area contributed by atoms with Gasteiger partial charge in [-0.3, -0.25) is 4.79 Å². The van der Waals surface area contributed by atoms with Crippen LogP contribution < -0.4 is 5.32 Å². The first-order valence-corrected chi connectivity index (χ1v) is 10.7. The Morgan fingerprint density at radius 3 is 2.44 bits per heavy atom. The van der Waals surface area contributed by atoms with E-state index >= 15 is 0 Å². The Balaban J connectivity index is 1.20. The highest BCUT2D eigenvalue weighted by molar-refractivity contribution is 8.01. The van der Waals surface area contributed by atoms with Gasteiger partial charge in [0.15, 0.2) is 5.82 Å². The van der Waals surface area contributed by atoms with Crippen molar-refractivity contribution in [1.82, 2.24) is 15.5 Å². The molecule has 1 heterocycles. The van der Waals surface area contributed by atoms with Crippen LogP contribution in [0.2, 0.25) is 0 Å². The molecule has 0 aliphatic heterocycles. The van der Waals surface area contributed by atoms with E-state index in [1.807, 2.05) is 25.6 Å². The lowest BCUT2D eigenvalue weighted by molar-refractivity contribution is -0.118. The summed E-state index contributed by atoms with van der Waals surface area (Å²) in [5.41, 5.74) is 0. The second kappa shape index (κ2) is 6.93. The second-order valence-electron chi connectivity index (χ2n) is 8.69. The zero-order valence-electron chi connectivity index (χ0n) is 15.3. The molecule has 6 heteroatoms. The quantitative estimate of drug-likeness (QED) is 0.802. The summed E-state index contributed by atoms with van der Waals surface area (Å²) < 4.78 is 5.62. The molecule has 25 heavy (non-hydrogen) atoms. The molecule has 4 bridgehead atoms. The number of carbonyl (C=O) groups excluding carboxylic acids is 1. The van der Waals surface area contributed by atoms with Crippen LogP contribution in [0.15, 0.2) is 4.52 Å². The van der Waals surface area contributed by atoms with Gasteiger partial charge in [0.2, 0.25) is 11.8 Å². The summed E-state index contributed by atoms with van der Waals surface area (Å²) in [6.07, 6.45) is 9.00. The maximum atomic E-state index is 12.2. The predicted octanol–water partition coefficient (Wildman–Crippen LogP) is 3.55. The third-order valence-electron chi connectivity index (χ3n) is 6.15. The molecular weight excluding hydrogens is 334 g/mol. The summed E-state index contributed by atoms with van der Waals surface area (Å²) in [5, 5.41) is 6.97. The van der Waals surface area contributed by atoms with Crippen LogP contribution in [-0.4, -0.2) is 33.1 Å². The molecule has 5 rings (SSSR count). The van der Waals surface area contributed by atoms with Gasteiger partial charge in [-0.2, -0.15) is 4.98 Å². The van der Waals surface area contributed by atoms with Gasteiger partial charge in [-0.25, -0.2) is 0 Å². The molecule has 1 N–H and O–H groups in total. The summed E-state index contributed by atoms with van der Waals surface area (Å²) in [6, 6.07) is 0. The van der Waals surface area contributed by atoms with Gasteiger partial charge < -0.3 is 9.84 Å². The summed E-state index contributed by atoms with van der Waals surface area (Å²) in [7, 11) is 0. The first-order valence-electron chi connectivity index (χ1n) is 9.74.